The van der Waals surface area contributed by atoms with Crippen LogP contribution in [0.4, 0.5) is 5.69 Å². The molecule has 5 heterocycles. The molecule has 7 nitrogen and oxygen atoms in total. The molecule has 7 rings (SSSR count). The molecule has 0 radical (unpaired) electrons. The molecule has 5 aromatic heterocycles. The van der Waals surface area contributed by atoms with Gasteiger partial charge in [0.15, 0.2) is 0 Å². The van der Waals surface area contributed by atoms with Gasteiger partial charge in [-0.2, -0.15) is 5.26 Å². The Morgan fingerprint density at radius 3 is 1.83 bits per heavy atom. The van der Waals surface area contributed by atoms with Crippen molar-refractivity contribution in [3.63, 3.8) is 0 Å². The van der Waals surface area contributed by atoms with E-state index in [0.29, 0.717) is 11.4 Å². The Kier molecular flexibility index (Phi) is 5.74. The van der Waals surface area contributed by atoms with E-state index in [4.69, 9.17) is 21.0 Å². The SMILES string of the molecule is [C-]#[N+]c1cncc(-c2cccc(-c3ccc4c(c3)oc3cc(-c5cccc(-c6ccnc(C#N)c6)n5)ccc34)n2)c1. The minimum absolute atomic E-state index is 0.353. The largest absolute Gasteiger partial charge is 0.456 e. The predicted octanol–water partition coefficient (Wildman–Crippen LogP) is 8.26. The molecule has 0 spiro atoms. The molecule has 0 N–H and O–H groups in total. The van der Waals surface area contributed by atoms with Crippen molar-refractivity contribution in [2.75, 3.05) is 0 Å². The van der Waals surface area contributed by atoms with Crippen LogP contribution in [0.3, 0.4) is 0 Å². The molecule has 2 aromatic carbocycles. The fraction of sp³-hybridized carbons (Fsp3) is 0. The van der Waals surface area contributed by atoms with Crippen LogP contribution in [-0.2, 0) is 0 Å². The number of pyridine rings is 4. The van der Waals surface area contributed by atoms with E-state index in [0.717, 1.165) is 67.0 Å². The van der Waals surface area contributed by atoms with E-state index in [1.165, 1.54) is 0 Å². The summed E-state index contributed by atoms with van der Waals surface area (Å²) >= 11 is 0. The van der Waals surface area contributed by atoms with Gasteiger partial charge in [-0.3, -0.25) is 4.98 Å². The van der Waals surface area contributed by atoms with Gasteiger partial charge in [-0.1, -0.05) is 24.3 Å². The second kappa shape index (κ2) is 9.85. The molecule has 0 saturated heterocycles. The molecule has 41 heavy (non-hydrogen) atoms. The lowest BCUT2D eigenvalue weighted by atomic mass is 10.0. The third kappa shape index (κ3) is 4.44. The lowest BCUT2D eigenvalue weighted by Crippen LogP contribution is -1.89. The first-order valence-electron chi connectivity index (χ1n) is 12.8. The fourth-order valence-corrected chi connectivity index (χ4v) is 4.89. The molecule has 190 valence electrons. The molecule has 0 saturated carbocycles. The minimum atomic E-state index is 0.353. The van der Waals surface area contributed by atoms with Gasteiger partial charge in [0, 0.05) is 51.6 Å². The van der Waals surface area contributed by atoms with Crippen LogP contribution in [0.15, 0.2) is 114 Å². The Hall–Kier alpha value is -6.18. The number of hydrogen-bond donors (Lipinski definition) is 0. The Balaban J connectivity index is 1.25. The highest BCUT2D eigenvalue weighted by molar-refractivity contribution is 6.06. The average Bonchev–Trinajstić information content (AvgIpc) is 3.42. The van der Waals surface area contributed by atoms with E-state index in [1.807, 2.05) is 66.7 Å². The minimum Gasteiger partial charge on any atom is -0.456 e. The number of hydrogen-bond acceptors (Lipinski definition) is 6. The molecule has 0 fully saturated rings. The number of nitriles is 1. The molecular formula is C34H18N6O. The van der Waals surface area contributed by atoms with Crippen LogP contribution in [0.25, 0.3) is 71.8 Å². The molecule has 7 heteroatoms. The third-order valence-electron chi connectivity index (χ3n) is 6.88. The molecule has 7 aromatic rings. The normalized spacial score (nSPS) is 10.9. The number of rotatable bonds is 4. The van der Waals surface area contributed by atoms with Crippen LogP contribution in [0, 0.1) is 17.9 Å². The molecule has 0 aliphatic heterocycles. The van der Waals surface area contributed by atoms with Crippen molar-refractivity contribution < 1.29 is 4.42 Å². The van der Waals surface area contributed by atoms with Gasteiger partial charge < -0.3 is 4.42 Å². The first-order valence-corrected chi connectivity index (χ1v) is 12.8. The Morgan fingerprint density at radius 2 is 1.24 bits per heavy atom. The number of furan rings is 1. The second-order valence-corrected chi connectivity index (χ2v) is 9.43. The molecule has 0 aliphatic carbocycles. The van der Waals surface area contributed by atoms with Gasteiger partial charge in [0.2, 0.25) is 5.69 Å². The molecule has 0 aliphatic rings. The van der Waals surface area contributed by atoms with Crippen molar-refractivity contribution in [2.45, 2.75) is 0 Å². The summed E-state index contributed by atoms with van der Waals surface area (Å²) in [6, 6.07) is 31.3. The highest BCUT2D eigenvalue weighted by atomic mass is 16.3. The Morgan fingerprint density at radius 1 is 0.659 bits per heavy atom. The summed E-state index contributed by atoms with van der Waals surface area (Å²) in [6.45, 7) is 7.26. The van der Waals surface area contributed by atoms with Crippen LogP contribution >= 0.6 is 0 Å². The predicted molar refractivity (Wildman–Crippen MR) is 158 cm³/mol. The molecule has 0 unspecified atom stereocenters. The van der Waals surface area contributed by atoms with E-state index >= 15 is 0 Å². The topological polar surface area (TPSA) is 92.8 Å². The zero-order valence-electron chi connectivity index (χ0n) is 21.5. The average molecular weight is 527 g/mol. The van der Waals surface area contributed by atoms with E-state index in [1.54, 1.807) is 30.7 Å². The van der Waals surface area contributed by atoms with Crippen LogP contribution in [0.5, 0.6) is 0 Å². The molecule has 0 bridgehead atoms. The standard InChI is InChI=1S/C34H18N6O/c1-36-26-15-24(19-37-20-26)32-7-3-5-30(40-32)22-9-11-28-27-10-8-21(16-33(27)41-34(28)17-22)29-4-2-6-31(39-29)23-12-13-38-25(14-23)18-35/h2-17,19-20H. The lowest BCUT2D eigenvalue weighted by Gasteiger charge is -2.05. The smallest absolute Gasteiger partial charge is 0.205 e. The van der Waals surface area contributed by atoms with Crippen molar-refractivity contribution in [2.24, 2.45) is 0 Å². The van der Waals surface area contributed by atoms with E-state index < -0.39 is 0 Å². The van der Waals surface area contributed by atoms with Gasteiger partial charge in [0.1, 0.15) is 22.9 Å². The summed E-state index contributed by atoms with van der Waals surface area (Å²) in [4.78, 5) is 21.4. The summed E-state index contributed by atoms with van der Waals surface area (Å²) < 4.78 is 6.32. The van der Waals surface area contributed by atoms with E-state index in [2.05, 4.69) is 33.0 Å². The van der Waals surface area contributed by atoms with Crippen LogP contribution < -0.4 is 0 Å². The van der Waals surface area contributed by atoms with E-state index in [-0.39, 0.29) is 0 Å². The molecular weight excluding hydrogens is 508 g/mol. The zero-order chi connectivity index (χ0) is 27.8. The van der Waals surface area contributed by atoms with Gasteiger partial charge >= 0.3 is 0 Å². The first kappa shape index (κ1) is 23.9. The van der Waals surface area contributed by atoms with Crippen molar-refractivity contribution in [3.05, 3.63) is 127 Å². The summed E-state index contributed by atoms with van der Waals surface area (Å²) in [5.74, 6) is 0. The molecule has 0 amide bonds. The van der Waals surface area contributed by atoms with Crippen LogP contribution in [0.1, 0.15) is 5.69 Å². The maximum absolute atomic E-state index is 9.20. The quantitative estimate of drug-likeness (QED) is 0.214. The van der Waals surface area contributed by atoms with Crippen molar-refractivity contribution in [1.29, 1.82) is 5.26 Å². The highest BCUT2D eigenvalue weighted by Crippen LogP contribution is 2.35. The lowest BCUT2D eigenvalue weighted by molar-refractivity contribution is 0.669. The zero-order valence-corrected chi connectivity index (χ0v) is 21.5. The van der Waals surface area contributed by atoms with Crippen LogP contribution in [-0.4, -0.2) is 19.9 Å². The van der Waals surface area contributed by atoms with Crippen LogP contribution in [0.2, 0.25) is 0 Å². The first-order chi connectivity index (χ1) is 20.2. The van der Waals surface area contributed by atoms with Gasteiger partial charge in [-0.25, -0.2) is 19.8 Å². The fourth-order valence-electron chi connectivity index (χ4n) is 4.89. The summed E-state index contributed by atoms with van der Waals surface area (Å²) in [5.41, 5.74) is 8.97. The second-order valence-electron chi connectivity index (χ2n) is 9.43. The van der Waals surface area contributed by atoms with Gasteiger partial charge in [-0.15, -0.1) is 0 Å². The number of nitrogens with zero attached hydrogens (tertiary/aromatic N) is 6. The van der Waals surface area contributed by atoms with Gasteiger partial charge in [0.25, 0.3) is 0 Å². The third-order valence-corrected chi connectivity index (χ3v) is 6.88. The van der Waals surface area contributed by atoms with Crippen molar-refractivity contribution >= 4 is 27.6 Å². The number of aromatic nitrogens is 4. The van der Waals surface area contributed by atoms with E-state index in [9.17, 15) is 5.26 Å². The Labute approximate surface area is 234 Å². The van der Waals surface area contributed by atoms with Gasteiger partial charge in [-0.05, 0) is 66.7 Å². The highest BCUT2D eigenvalue weighted by Gasteiger charge is 2.12. The summed E-state index contributed by atoms with van der Waals surface area (Å²) in [6.07, 6.45) is 4.87. The summed E-state index contributed by atoms with van der Waals surface area (Å²) in [5, 5.41) is 11.2. The maximum Gasteiger partial charge on any atom is 0.205 e. The number of benzene rings is 2. The van der Waals surface area contributed by atoms with Crippen molar-refractivity contribution in [1.82, 2.24) is 19.9 Å². The Bertz CT molecular complexity index is 2050. The van der Waals surface area contributed by atoms with Crippen molar-refractivity contribution in [3.8, 4) is 51.1 Å². The maximum atomic E-state index is 9.20. The van der Waals surface area contributed by atoms with Gasteiger partial charge in [0.05, 0.1) is 29.3 Å². The molecule has 0 atom stereocenters. The monoisotopic (exact) mass is 526 g/mol. The summed E-state index contributed by atoms with van der Waals surface area (Å²) in [7, 11) is 0. The number of fused-ring (bicyclic) bond motifs is 3.